The van der Waals surface area contributed by atoms with E-state index in [0.717, 1.165) is 60.6 Å². The second-order valence-electron chi connectivity index (χ2n) is 12.3. The summed E-state index contributed by atoms with van der Waals surface area (Å²) in [4.78, 5) is 100. The Labute approximate surface area is 319 Å². The number of ether oxygens (including phenoxy) is 11. The smallest absolute Gasteiger partial charge is 0.331 e. The highest BCUT2D eigenvalue weighted by molar-refractivity contribution is 5.80. The zero-order valence-corrected chi connectivity index (χ0v) is 31.7. The molecule has 2 fully saturated rings. The summed E-state index contributed by atoms with van der Waals surface area (Å²) in [6, 6.07) is 3.00. The van der Waals surface area contributed by atoms with Crippen LogP contribution in [0.5, 0.6) is 0 Å². The summed E-state index contributed by atoms with van der Waals surface area (Å²) >= 11 is 0. The molecule has 1 N–H and O–H groups in total. The normalized spacial score (nSPS) is 27.6. The SMILES string of the molecule is CCOC(=O)C(Nc1ccc(F)cc1)[C@H]1O[C@H](O[C@@H]2O[C@@H](COC(C)=O)[C@H](OC(C)=O)[C@@H](OC(C)=O)[C@@H]2OC(C)=O)[C@H](OC(C)=O)[C@@H](OC(C)=O)[C@@H]1OC(C)=O. The van der Waals surface area contributed by atoms with Crippen LogP contribution in [0.4, 0.5) is 10.1 Å². The lowest BCUT2D eigenvalue weighted by atomic mass is 9.92. The Morgan fingerprint density at radius 1 is 0.589 bits per heavy atom. The van der Waals surface area contributed by atoms with Crippen LogP contribution in [0.25, 0.3) is 0 Å². The number of carbonyl (C=O) groups excluding carboxylic acids is 8. The Bertz CT molecular complexity index is 1600. The van der Waals surface area contributed by atoms with Crippen LogP contribution in [0.3, 0.4) is 0 Å². The number of carbonyl (C=O) groups is 8. The molecule has 0 aliphatic carbocycles. The lowest BCUT2D eigenvalue weighted by Gasteiger charge is -2.49. The quantitative estimate of drug-likeness (QED) is 0.190. The monoisotopic (exact) mass is 801 g/mol. The Morgan fingerprint density at radius 3 is 1.48 bits per heavy atom. The summed E-state index contributed by atoms with van der Waals surface area (Å²) in [5, 5.41) is 2.82. The maximum Gasteiger partial charge on any atom is 0.331 e. The molecule has 310 valence electrons. The molecular weight excluding hydrogens is 757 g/mol. The highest BCUT2D eigenvalue weighted by Gasteiger charge is 2.59. The van der Waals surface area contributed by atoms with E-state index in [0.29, 0.717) is 0 Å². The van der Waals surface area contributed by atoms with Crippen molar-refractivity contribution in [3.05, 3.63) is 30.1 Å². The van der Waals surface area contributed by atoms with Gasteiger partial charge in [-0.1, -0.05) is 0 Å². The van der Waals surface area contributed by atoms with E-state index >= 15 is 0 Å². The third kappa shape index (κ3) is 12.8. The van der Waals surface area contributed by atoms with Gasteiger partial charge in [-0.2, -0.15) is 0 Å². The zero-order valence-electron chi connectivity index (χ0n) is 31.7. The van der Waals surface area contributed by atoms with E-state index in [-0.39, 0.29) is 12.3 Å². The fourth-order valence-electron chi connectivity index (χ4n) is 5.85. The van der Waals surface area contributed by atoms with Crippen molar-refractivity contribution in [2.75, 3.05) is 18.5 Å². The van der Waals surface area contributed by atoms with E-state index in [4.69, 9.17) is 52.1 Å². The predicted octanol–water partition coefficient (Wildman–Crippen LogP) is 0.789. The van der Waals surface area contributed by atoms with Crippen LogP contribution >= 0.6 is 0 Å². The van der Waals surface area contributed by atoms with Crippen LogP contribution < -0.4 is 5.32 Å². The van der Waals surface area contributed by atoms with Crippen LogP contribution in [0.2, 0.25) is 0 Å². The van der Waals surface area contributed by atoms with Crippen molar-refractivity contribution in [2.24, 2.45) is 0 Å². The Morgan fingerprint density at radius 2 is 1.02 bits per heavy atom. The average Bonchev–Trinajstić information content (AvgIpc) is 3.07. The van der Waals surface area contributed by atoms with Crippen LogP contribution in [-0.4, -0.2) is 128 Å². The molecule has 2 aliphatic rings. The van der Waals surface area contributed by atoms with Gasteiger partial charge < -0.3 is 57.4 Å². The molecule has 0 saturated carbocycles. The third-order valence-corrected chi connectivity index (χ3v) is 7.69. The molecule has 1 aromatic rings. The van der Waals surface area contributed by atoms with E-state index < -0.39 is 128 Å². The Kier molecular flexibility index (Phi) is 16.5. The van der Waals surface area contributed by atoms with Crippen LogP contribution in [0.1, 0.15) is 55.4 Å². The standard InChI is InChI=1S/C35H44FNO19/c1-9-46-33(45)25(37-23-12-10-22(36)11-13-23)27-29(50-18(5)41)30(51-19(6)42)32(53-21(8)44)35(55-27)56-34-31(52-20(7)43)28(49-17(4)40)26(48-16(3)39)24(54-34)14-47-15(2)38/h10-13,24-32,34-35,37H,9,14H2,1-8H3/t24-,25?,26-,27+,28+,29+,30-,31-,32+,34-,35+/m0/s1. The molecule has 11 atom stereocenters. The summed E-state index contributed by atoms with van der Waals surface area (Å²) in [7, 11) is 0. The minimum Gasteiger partial charge on any atom is -0.464 e. The molecule has 1 unspecified atom stereocenters. The fraction of sp³-hybridized carbons (Fsp3) is 0.600. The summed E-state index contributed by atoms with van der Waals surface area (Å²) in [5.41, 5.74) is 0.137. The van der Waals surface area contributed by atoms with Crippen molar-refractivity contribution >= 4 is 53.4 Å². The molecule has 1 aromatic carbocycles. The predicted molar refractivity (Wildman–Crippen MR) is 179 cm³/mol. The third-order valence-electron chi connectivity index (χ3n) is 7.69. The Balaban J connectivity index is 2.26. The first-order chi connectivity index (χ1) is 26.3. The molecule has 0 radical (unpaired) electrons. The van der Waals surface area contributed by atoms with Gasteiger partial charge in [0.15, 0.2) is 42.7 Å². The number of benzene rings is 1. The van der Waals surface area contributed by atoms with Gasteiger partial charge in [0, 0.05) is 54.2 Å². The lowest BCUT2D eigenvalue weighted by molar-refractivity contribution is -0.376. The lowest BCUT2D eigenvalue weighted by Crippen LogP contribution is -2.68. The van der Waals surface area contributed by atoms with Gasteiger partial charge in [0.25, 0.3) is 0 Å². The molecule has 3 rings (SSSR count). The van der Waals surface area contributed by atoms with Crippen molar-refractivity contribution in [2.45, 2.75) is 123 Å². The molecular formula is C35H44FNO19. The maximum absolute atomic E-state index is 13.8. The summed E-state index contributed by atoms with van der Waals surface area (Å²) < 4.78 is 75.5. The summed E-state index contributed by atoms with van der Waals surface area (Å²) in [6.07, 6.45) is -17.8. The molecule has 0 bridgehead atoms. The number of anilines is 1. The largest absolute Gasteiger partial charge is 0.464 e. The molecule has 0 spiro atoms. The van der Waals surface area contributed by atoms with Crippen molar-refractivity contribution in [1.29, 1.82) is 0 Å². The fourth-order valence-corrected chi connectivity index (χ4v) is 5.85. The second kappa shape index (κ2) is 20.5. The van der Waals surface area contributed by atoms with Crippen LogP contribution in [-0.2, 0) is 90.5 Å². The van der Waals surface area contributed by atoms with E-state index in [9.17, 15) is 42.7 Å². The first-order valence-corrected chi connectivity index (χ1v) is 17.1. The topological polar surface area (TPSA) is 250 Å². The van der Waals surface area contributed by atoms with Crippen molar-refractivity contribution < 1.29 is 94.9 Å². The number of halogens is 1. The van der Waals surface area contributed by atoms with Gasteiger partial charge in [0.05, 0.1) is 6.61 Å². The van der Waals surface area contributed by atoms with E-state index in [2.05, 4.69) is 5.32 Å². The van der Waals surface area contributed by atoms with Gasteiger partial charge in [-0.3, -0.25) is 33.6 Å². The number of rotatable bonds is 15. The van der Waals surface area contributed by atoms with Gasteiger partial charge >= 0.3 is 47.8 Å². The molecule has 2 heterocycles. The van der Waals surface area contributed by atoms with Gasteiger partial charge in [-0.15, -0.1) is 0 Å². The van der Waals surface area contributed by atoms with E-state index in [1.165, 1.54) is 19.1 Å². The van der Waals surface area contributed by atoms with Crippen molar-refractivity contribution in [3.8, 4) is 0 Å². The van der Waals surface area contributed by atoms with Crippen LogP contribution in [0.15, 0.2) is 24.3 Å². The number of esters is 8. The minimum absolute atomic E-state index is 0.137. The second-order valence-corrected chi connectivity index (χ2v) is 12.3. The summed E-state index contributed by atoms with van der Waals surface area (Å²) in [5.74, 6) is -8.24. The molecule has 0 amide bonds. The first kappa shape index (κ1) is 45.0. The van der Waals surface area contributed by atoms with E-state index in [1.54, 1.807) is 0 Å². The van der Waals surface area contributed by atoms with Gasteiger partial charge in [-0.25, -0.2) is 9.18 Å². The molecule has 2 saturated heterocycles. The van der Waals surface area contributed by atoms with Crippen LogP contribution in [0, 0.1) is 5.82 Å². The Hall–Kier alpha value is -5.41. The first-order valence-electron chi connectivity index (χ1n) is 17.1. The van der Waals surface area contributed by atoms with Gasteiger partial charge in [0.2, 0.25) is 12.6 Å². The number of hydrogen-bond donors (Lipinski definition) is 1. The van der Waals surface area contributed by atoms with Gasteiger partial charge in [0.1, 0.15) is 24.6 Å². The average molecular weight is 802 g/mol. The molecule has 2 aliphatic heterocycles. The molecule has 56 heavy (non-hydrogen) atoms. The number of nitrogens with one attached hydrogen (secondary N) is 1. The molecule has 20 nitrogen and oxygen atoms in total. The molecule has 21 heteroatoms. The van der Waals surface area contributed by atoms with Gasteiger partial charge in [-0.05, 0) is 31.2 Å². The highest BCUT2D eigenvalue weighted by Crippen LogP contribution is 2.36. The zero-order chi connectivity index (χ0) is 41.9. The van der Waals surface area contributed by atoms with Crippen molar-refractivity contribution in [3.63, 3.8) is 0 Å². The summed E-state index contributed by atoms with van der Waals surface area (Å²) in [6.45, 7) is 7.70. The van der Waals surface area contributed by atoms with Crippen molar-refractivity contribution in [1.82, 2.24) is 0 Å². The minimum atomic E-state index is -2.02. The van der Waals surface area contributed by atoms with E-state index in [1.807, 2.05) is 0 Å². The number of hydrogen-bond acceptors (Lipinski definition) is 20. The molecule has 0 aromatic heterocycles. The maximum atomic E-state index is 13.8. The highest BCUT2D eigenvalue weighted by atomic mass is 19.1.